The van der Waals surface area contributed by atoms with Gasteiger partial charge in [-0.2, -0.15) is 0 Å². The van der Waals surface area contributed by atoms with Gasteiger partial charge in [-0.05, 0) is 6.37 Å². The third kappa shape index (κ3) is 4.98. The van der Waals surface area contributed by atoms with Crippen LogP contribution in [-0.4, -0.2) is 64.1 Å². The van der Waals surface area contributed by atoms with Crippen molar-refractivity contribution in [2.24, 2.45) is 0 Å². The summed E-state index contributed by atoms with van der Waals surface area (Å²) in [5.74, 6) is 0. The fraction of sp³-hybridized carbons (Fsp3) is 1.00. The van der Waals surface area contributed by atoms with Gasteiger partial charge in [0.05, 0.1) is 18.9 Å². The summed E-state index contributed by atoms with van der Waals surface area (Å²) in [6, 6.07) is 0. The normalized spacial score (nSPS) is 77.9. The second-order valence-electron chi connectivity index (χ2n) is 2.71. The van der Waals surface area contributed by atoms with Crippen LogP contribution in [0.5, 0.6) is 0 Å². The highest BCUT2D eigenvalue weighted by Gasteiger charge is 2.43. The van der Waals surface area contributed by atoms with Gasteiger partial charge in [0.2, 0.25) is 0 Å². The summed E-state index contributed by atoms with van der Waals surface area (Å²) in [5.41, 5.74) is 0. The zero-order valence-corrected chi connectivity index (χ0v) is 9.11. The molecule has 1 aliphatic rings. The molecule has 0 aliphatic carbocycles. The van der Waals surface area contributed by atoms with Crippen LogP contribution < -0.4 is 0 Å². The van der Waals surface area contributed by atoms with Crippen molar-refractivity contribution in [1.82, 2.24) is 0 Å². The standard InChI is InChI=1S/C13H26O6/c1-2-3-4-5-6-7-18-13-12(17)11(16)10(15)9(8-14)19-13/h9-17H,2-8H2,1H3/t9-,10-,11+,12-,13-/m1/s1/i1D3,2D2,3D2,4D2,5D2,6D2,7D2,8D2,9D,10D,11D,12D,13D. The van der Waals surface area contributed by atoms with Gasteiger partial charge in [-0.1, -0.05) is 32.3 Å². The molecule has 0 amide bonds. The SMILES string of the molecule is [2H]C([2H])([2H])C([2H])([2H])C([2H])([2H])C([2H])([2H])C([2H])([2H])C([2H])([2H])C([2H])([2H])O[C@]1([2H])O[C@]([2H])(C([2H])([2H])O)[C@@]([2H])(O)[C@]([2H])(O)[C@@]1([2H])O. The highest BCUT2D eigenvalue weighted by Crippen LogP contribution is 2.22. The summed E-state index contributed by atoms with van der Waals surface area (Å²) in [4.78, 5) is 0. The Morgan fingerprint density at radius 1 is 1.16 bits per heavy atom. The third-order valence-electron chi connectivity index (χ3n) is 1.60. The zero-order chi connectivity index (χ0) is 33.9. The van der Waals surface area contributed by atoms with Crippen LogP contribution in [0.1, 0.15) is 68.9 Å². The van der Waals surface area contributed by atoms with Crippen LogP contribution in [0, 0.1) is 0 Å². The van der Waals surface area contributed by atoms with E-state index in [0.29, 0.717) is 0 Å². The lowest BCUT2D eigenvalue weighted by atomic mass is 9.99. The maximum absolute atomic E-state index is 10.4. The molecule has 0 radical (unpaired) electrons. The van der Waals surface area contributed by atoms with Crippen LogP contribution >= 0.6 is 0 Å². The molecule has 6 nitrogen and oxygen atoms in total. The molecule has 1 fully saturated rings. The Morgan fingerprint density at radius 3 is 2.58 bits per heavy atom. The van der Waals surface area contributed by atoms with Gasteiger partial charge in [-0.3, -0.25) is 0 Å². The minimum absolute atomic E-state index is 4.02. The topological polar surface area (TPSA) is 99.4 Å². The Balaban J connectivity index is 3.89. The van der Waals surface area contributed by atoms with Crippen molar-refractivity contribution >= 4 is 0 Å². The molecule has 114 valence electrons. The number of rotatable bonds is 8. The van der Waals surface area contributed by atoms with Crippen molar-refractivity contribution < 1.29 is 60.1 Å². The fourth-order valence-corrected chi connectivity index (χ4v) is 0.842. The van der Waals surface area contributed by atoms with Crippen molar-refractivity contribution in [2.75, 3.05) is 13.1 Å². The predicted molar refractivity (Wildman–Crippen MR) is 68.5 cm³/mol. The first-order valence-electron chi connectivity index (χ1n) is 15.5. The first-order chi connectivity index (χ1) is 17.2. The molecule has 19 heavy (non-hydrogen) atoms. The summed E-state index contributed by atoms with van der Waals surface area (Å²) in [6.07, 6.45) is -46.7. The molecule has 1 rings (SSSR count). The summed E-state index contributed by atoms with van der Waals surface area (Å²) in [5, 5.41) is 40.4. The second-order valence-corrected chi connectivity index (χ2v) is 2.71. The quantitative estimate of drug-likeness (QED) is 0.494. The molecule has 0 aromatic carbocycles. The van der Waals surface area contributed by atoms with E-state index in [4.69, 9.17) is 30.2 Å². The van der Waals surface area contributed by atoms with Crippen molar-refractivity contribution in [3.05, 3.63) is 0 Å². The molecule has 0 aromatic heterocycles. The average molecular weight is 300 g/mol. The van der Waals surface area contributed by atoms with Gasteiger partial charge in [-0.25, -0.2) is 0 Å². The predicted octanol–water partition coefficient (Wildman–Crippen LogP) is -0.227. The van der Waals surface area contributed by atoms with Gasteiger partial charge in [0.15, 0.2) is 6.27 Å². The van der Waals surface area contributed by atoms with Crippen molar-refractivity contribution in [3.63, 3.8) is 0 Å². The molecule has 0 bridgehead atoms. The Hall–Kier alpha value is -0.240. The smallest absolute Gasteiger partial charge is 0.186 e. The van der Waals surface area contributed by atoms with E-state index in [1.165, 1.54) is 0 Å². The number of ether oxygens (including phenoxy) is 2. The monoisotopic (exact) mass is 300 g/mol. The van der Waals surface area contributed by atoms with Crippen LogP contribution in [0.15, 0.2) is 0 Å². The van der Waals surface area contributed by atoms with Gasteiger partial charge in [0, 0.05) is 24.4 Å². The lowest BCUT2D eigenvalue weighted by Crippen LogP contribution is -2.59. The summed E-state index contributed by atoms with van der Waals surface area (Å²) in [7, 11) is 0. The van der Waals surface area contributed by atoms with Gasteiger partial charge in [0.25, 0.3) is 0 Å². The molecule has 1 heterocycles. The second kappa shape index (κ2) is 8.84. The van der Waals surface area contributed by atoms with E-state index in [9.17, 15) is 20.4 Å². The molecule has 0 spiro atoms. The largest absolute Gasteiger partial charge is 0.394 e. The molecule has 5 atom stereocenters. The van der Waals surface area contributed by atoms with Crippen molar-refractivity contribution in [2.45, 2.75) is 69.3 Å². The van der Waals surface area contributed by atoms with Crippen LogP contribution in [0.4, 0.5) is 0 Å². The Labute approximate surface area is 144 Å². The number of aliphatic hydroxyl groups is 4. The highest BCUT2D eigenvalue weighted by molar-refractivity contribution is 4.88. The molecule has 1 aliphatic heterocycles. The highest BCUT2D eigenvalue weighted by atomic mass is 16.7. The zero-order valence-electron chi connectivity index (χ0n) is 31.1. The summed E-state index contributed by atoms with van der Waals surface area (Å²) < 4.78 is 177. The van der Waals surface area contributed by atoms with E-state index in [1.807, 2.05) is 0 Å². The van der Waals surface area contributed by atoms with E-state index < -0.39 is 82.4 Å². The lowest BCUT2D eigenvalue weighted by Gasteiger charge is -2.39. The van der Waals surface area contributed by atoms with Crippen molar-refractivity contribution in [3.8, 4) is 0 Å². The maximum Gasteiger partial charge on any atom is 0.186 e. The van der Waals surface area contributed by atoms with Crippen LogP contribution in [0.2, 0.25) is 0 Å². The minimum atomic E-state index is -4.81. The Bertz CT molecular complexity index is 1010. The molecule has 6 heteroatoms. The van der Waals surface area contributed by atoms with Gasteiger partial charge in [0.1, 0.15) is 24.3 Å². The first-order valence-corrected chi connectivity index (χ1v) is 4.46. The molecule has 1 saturated heterocycles. The Kier molecular flexibility index (Phi) is 1.66. The molecular weight excluding hydrogens is 252 g/mol. The van der Waals surface area contributed by atoms with E-state index in [0.717, 1.165) is 0 Å². The van der Waals surface area contributed by atoms with Gasteiger partial charge < -0.3 is 29.9 Å². The van der Waals surface area contributed by atoms with Crippen LogP contribution in [0.3, 0.4) is 0 Å². The lowest BCUT2D eigenvalue weighted by molar-refractivity contribution is -0.301. The average Bonchev–Trinajstić information content (AvgIpc) is 2.69. The third-order valence-corrected chi connectivity index (χ3v) is 1.60. The van der Waals surface area contributed by atoms with E-state index in [1.54, 1.807) is 0 Å². The van der Waals surface area contributed by atoms with E-state index in [-0.39, 0.29) is 0 Å². The molecular formula is C13H26O6. The molecule has 4 N–H and O–H groups in total. The van der Waals surface area contributed by atoms with E-state index >= 15 is 0 Å². The first kappa shape index (κ1) is 3.56. The maximum atomic E-state index is 10.4. The molecule has 0 aromatic rings. The van der Waals surface area contributed by atoms with Gasteiger partial charge in [-0.15, -0.1) is 0 Å². The Morgan fingerprint density at radius 2 is 1.89 bits per heavy atom. The molecule has 0 unspecified atom stereocenters. The number of hydrogen-bond acceptors (Lipinski definition) is 6. The van der Waals surface area contributed by atoms with E-state index in [2.05, 4.69) is 9.47 Å². The summed E-state index contributed by atoms with van der Waals surface area (Å²) >= 11 is 0. The van der Waals surface area contributed by atoms with Crippen LogP contribution in [0.25, 0.3) is 0 Å². The van der Waals surface area contributed by atoms with Gasteiger partial charge >= 0.3 is 0 Å². The fourth-order valence-electron chi connectivity index (χ4n) is 0.842. The van der Waals surface area contributed by atoms with Crippen LogP contribution in [-0.2, 0) is 9.47 Å². The molecule has 0 saturated carbocycles. The number of hydrogen-bond donors (Lipinski definition) is 4. The minimum Gasteiger partial charge on any atom is -0.394 e. The van der Waals surface area contributed by atoms with Crippen molar-refractivity contribution in [1.29, 1.82) is 0 Å². The summed E-state index contributed by atoms with van der Waals surface area (Å²) in [6.45, 7) is -13.3.